The van der Waals surface area contributed by atoms with Gasteiger partial charge in [0.25, 0.3) is 0 Å². The largest absolute Gasteiger partial charge is 0.395 e. The van der Waals surface area contributed by atoms with Gasteiger partial charge < -0.3 is 14.9 Å². The molecule has 1 saturated heterocycles. The van der Waals surface area contributed by atoms with Crippen LogP contribution in [0.25, 0.3) is 0 Å². The van der Waals surface area contributed by atoms with Gasteiger partial charge in [0.05, 0.1) is 12.7 Å². The molecule has 8 atom stereocenters. The summed E-state index contributed by atoms with van der Waals surface area (Å²) in [6, 6.07) is 0. The number of epoxide rings is 1. The number of aliphatic hydroxyl groups is 2. The van der Waals surface area contributed by atoms with Crippen LogP contribution in [0.15, 0.2) is 11.6 Å². The van der Waals surface area contributed by atoms with E-state index >= 15 is 0 Å². The Morgan fingerprint density at radius 3 is 2.87 bits per heavy atom. The molecule has 4 nitrogen and oxygen atoms in total. The lowest BCUT2D eigenvalue weighted by atomic mass is 9.47. The molecule has 2 N–H and O–H groups in total. The second-order valence-electron chi connectivity index (χ2n) is 8.80. The van der Waals surface area contributed by atoms with Crippen LogP contribution in [0.5, 0.6) is 0 Å². The van der Waals surface area contributed by atoms with Crippen molar-refractivity contribution in [2.45, 2.75) is 63.8 Å². The van der Waals surface area contributed by atoms with E-state index in [1.165, 1.54) is 0 Å². The smallest absolute Gasteiger partial charge is 0.187 e. The Kier molecular flexibility index (Phi) is 2.84. The molecule has 0 aromatic carbocycles. The maximum Gasteiger partial charge on any atom is 0.187 e. The third kappa shape index (κ3) is 1.60. The Labute approximate surface area is 136 Å². The maximum atomic E-state index is 12.1. The summed E-state index contributed by atoms with van der Waals surface area (Å²) in [7, 11) is 0. The molecule has 4 fully saturated rings. The van der Waals surface area contributed by atoms with Crippen molar-refractivity contribution < 1.29 is 19.7 Å². The van der Waals surface area contributed by atoms with Crippen molar-refractivity contribution in [3.05, 3.63) is 11.6 Å². The standard InChI is InChI=1S/C19H26O4/c1-18-7-6-13-11(12(18)4-5-15(18)22)3-2-10-8-14(21)16-17(23-16)19(10,13)9-20/h8,11-13,15-17,20,22H,2-7,9H2,1H3/t11-,12-,13-,15-,16-,17?,18-,19-/m0/s1. The SMILES string of the molecule is C[C@]12CC[C@H]3[C@@H](CCC4=CC(=O)[C@@H]5OC5[C@@]43CO)[C@@H]1CC[C@@H]2O. The molecule has 1 heterocycles. The lowest BCUT2D eigenvalue weighted by Crippen LogP contribution is -2.56. The summed E-state index contributed by atoms with van der Waals surface area (Å²) in [6.07, 6.45) is 7.31. The van der Waals surface area contributed by atoms with E-state index in [4.69, 9.17) is 4.74 Å². The number of ketones is 1. The van der Waals surface area contributed by atoms with Gasteiger partial charge in [-0.3, -0.25) is 4.79 Å². The Balaban J connectivity index is 1.57. The highest BCUT2D eigenvalue weighted by Gasteiger charge is 2.69. The van der Waals surface area contributed by atoms with Crippen LogP contribution >= 0.6 is 0 Å². The zero-order valence-corrected chi connectivity index (χ0v) is 13.7. The molecule has 126 valence electrons. The molecule has 0 amide bonds. The number of ether oxygens (including phenoxy) is 1. The van der Waals surface area contributed by atoms with Crippen LogP contribution in [-0.2, 0) is 9.53 Å². The first-order chi connectivity index (χ1) is 11.0. The van der Waals surface area contributed by atoms with E-state index in [2.05, 4.69) is 6.92 Å². The number of aliphatic hydroxyl groups excluding tert-OH is 2. The van der Waals surface area contributed by atoms with Gasteiger partial charge in [-0.2, -0.15) is 0 Å². The van der Waals surface area contributed by atoms with Gasteiger partial charge in [0.15, 0.2) is 5.78 Å². The fraction of sp³-hybridized carbons (Fsp3) is 0.842. The third-order valence-corrected chi connectivity index (χ3v) is 8.25. The number of fused-ring (bicyclic) bond motifs is 7. The lowest BCUT2D eigenvalue weighted by Gasteiger charge is -2.57. The fourth-order valence-corrected chi connectivity index (χ4v) is 6.98. The molecule has 4 aliphatic carbocycles. The van der Waals surface area contributed by atoms with E-state index in [1.54, 1.807) is 6.08 Å². The zero-order valence-electron chi connectivity index (χ0n) is 13.7. The molecule has 4 heteroatoms. The van der Waals surface area contributed by atoms with Crippen LogP contribution in [0, 0.1) is 28.6 Å². The molecule has 1 unspecified atom stereocenters. The molecular formula is C19H26O4. The minimum Gasteiger partial charge on any atom is -0.395 e. The van der Waals surface area contributed by atoms with E-state index in [0.29, 0.717) is 17.8 Å². The molecule has 1 aliphatic heterocycles. The van der Waals surface area contributed by atoms with Crippen LogP contribution in [0.3, 0.4) is 0 Å². The van der Waals surface area contributed by atoms with E-state index < -0.39 is 0 Å². The monoisotopic (exact) mass is 318 g/mol. The van der Waals surface area contributed by atoms with Gasteiger partial charge in [0.1, 0.15) is 12.2 Å². The summed E-state index contributed by atoms with van der Waals surface area (Å²) in [5.74, 6) is 1.60. The van der Waals surface area contributed by atoms with Gasteiger partial charge in [0, 0.05) is 5.41 Å². The Morgan fingerprint density at radius 1 is 1.26 bits per heavy atom. The van der Waals surface area contributed by atoms with Crippen molar-refractivity contribution in [3.63, 3.8) is 0 Å². The van der Waals surface area contributed by atoms with Gasteiger partial charge >= 0.3 is 0 Å². The van der Waals surface area contributed by atoms with Crippen molar-refractivity contribution in [1.82, 2.24) is 0 Å². The summed E-state index contributed by atoms with van der Waals surface area (Å²) in [5, 5.41) is 20.9. The average molecular weight is 318 g/mol. The maximum absolute atomic E-state index is 12.1. The molecule has 23 heavy (non-hydrogen) atoms. The molecule has 0 radical (unpaired) electrons. The predicted octanol–water partition coefficient (Wildman–Crippen LogP) is 1.84. The minimum atomic E-state index is -0.323. The van der Waals surface area contributed by atoms with Crippen LogP contribution in [0.1, 0.15) is 45.4 Å². The number of hydrogen-bond acceptors (Lipinski definition) is 4. The molecular weight excluding hydrogens is 292 g/mol. The summed E-state index contributed by atoms with van der Waals surface area (Å²) >= 11 is 0. The highest BCUT2D eigenvalue weighted by molar-refractivity contribution is 5.98. The van der Waals surface area contributed by atoms with Crippen molar-refractivity contribution >= 4 is 5.78 Å². The van der Waals surface area contributed by atoms with Gasteiger partial charge in [-0.25, -0.2) is 0 Å². The second kappa shape index (κ2) is 4.47. The fourth-order valence-electron chi connectivity index (χ4n) is 6.98. The average Bonchev–Trinajstić information content (AvgIpc) is 3.29. The van der Waals surface area contributed by atoms with Gasteiger partial charge in [-0.15, -0.1) is 0 Å². The number of carbonyl (C=O) groups excluding carboxylic acids is 1. The lowest BCUT2D eigenvalue weighted by molar-refractivity contribution is -0.117. The van der Waals surface area contributed by atoms with Gasteiger partial charge in [0.2, 0.25) is 0 Å². The highest BCUT2D eigenvalue weighted by atomic mass is 16.6. The molecule has 5 aliphatic rings. The van der Waals surface area contributed by atoms with E-state index in [1.807, 2.05) is 0 Å². The normalized spacial score (nSPS) is 57.0. The summed E-state index contributed by atoms with van der Waals surface area (Å²) in [5.41, 5.74) is 0.871. The Bertz CT molecular complexity index is 598. The van der Waals surface area contributed by atoms with Crippen LogP contribution in [0.2, 0.25) is 0 Å². The molecule has 0 aromatic heterocycles. The molecule has 3 saturated carbocycles. The summed E-state index contributed by atoms with van der Waals surface area (Å²) in [6.45, 7) is 2.36. The zero-order chi connectivity index (χ0) is 16.0. The van der Waals surface area contributed by atoms with Crippen molar-refractivity contribution in [2.75, 3.05) is 6.61 Å². The first-order valence-electron chi connectivity index (χ1n) is 9.21. The molecule has 0 aromatic rings. The van der Waals surface area contributed by atoms with Crippen LogP contribution < -0.4 is 0 Å². The van der Waals surface area contributed by atoms with Crippen molar-refractivity contribution in [2.24, 2.45) is 28.6 Å². The summed E-state index contributed by atoms with van der Waals surface area (Å²) < 4.78 is 5.75. The van der Waals surface area contributed by atoms with E-state index in [9.17, 15) is 15.0 Å². The van der Waals surface area contributed by atoms with E-state index in [0.717, 1.165) is 44.1 Å². The quantitative estimate of drug-likeness (QED) is 0.724. The first kappa shape index (κ1) is 14.6. The minimum absolute atomic E-state index is 0.0489. The van der Waals surface area contributed by atoms with Crippen LogP contribution in [0.4, 0.5) is 0 Å². The second-order valence-corrected chi connectivity index (χ2v) is 8.80. The van der Waals surface area contributed by atoms with Crippen LogP contribution in [-0.4, -0.2) is 40.9 Å². The Morgan fingerprint density at radius 2 is 2.09 bits per heavy atom. The Hall–Kier alpha value is -0.710. The highest BCUT2D eigenvalue weighted by Crippen LogP contribution is 2.67. The van der Waals surface area contributed by atoms with E-state index in [-0.39, 0.29) is 41.5 Å². The number of carbonyl (C=O) groups is 1. The first-order valence-corrected chi connectivity index (χ1v) is 9.21. The molecule has 0 bridgehead atoms. The van der Waals surface area contributed by atoms with Gasteiger partial charge in [-0.05, 0) is 67.8 Å². The third-order valence-electron chi connectivity index (χ3n) is 8.25. The van der Waals surface area contributed by atoms with Crippen molar-refractivity contribution in [1.29, 1.82) is 0 Å². The predicted molar refractivity (Wildman–Crippen MR) is 83.6 cm³/mol. The van der Waals surface area contributed by atoms with Crippen molar-refractivity contribution in [3.8, 4) is 0 Å². The molecule has 5 rings (SSSR count). The topological polar surface area (TPSA) is 70.1 Å². The summed E-state index contributed by atoms with van der Waals surface area (Å²) in [4.78, 5) is 12.1. The molecule has 0 spiro atoms. The number of hydrogen-bond donors (Lipinski definition) is 2. The number of rotatable bonds is 1. The van der Waals surface area contributed by atoms with Gasteiger partial charge in [-0.1, -0.05) is 12.5 Å².